The van der Waals surface area contributed by atoms with Gasteiger partial charge in [0.05, 0.1) is 5.71 Å². The van der Waals surface area contributed by atoms with Crippen molar-refractivity contribution in [2.45, 2.75) is 60.9 Å². The molecule has 4 nitrogen and oxygen atoms in total. The zero-order valence-electron chi connectivity index (χ0n) is 17.8. The van der Waals surface area contributed by atoms with Crippen LogP contribution in [-0.4, -0.2) is 20.5 Å². The van der Waals surface area contributed by atoms with Gasteiger partial charge in [0.2, 0.25) is 0 Å². The smallest absolute Gasteiger partial charge is 0.163 e. The second kappa shape index (κ2) is 6.66. The Morgan fingerprint density at radius 3 is 2.32 bits per heavy atom. The number of aromatic nitrogens is 3. The number of benzene rings is 1. The Hall–Kier alpha value is -2.27. The Balaban J connectivity index is 2.02. The number of nitrogens with zero attached hydrogens (tertiary/aromatic N) is 4. The molecule has 0 saturated heterocycles. The molecule has 0 amide bonds. The summed E-state index contributed by atoms with van der Waals surface area (Å²) in [7, 11) is 0. The van der Waals surface area contributed by atoms with Gasteiger partial charge in [-0.1, -0.05) is 50.6 Å². The van der Waals surface area contributed by atoms with Gasteiger partial charge in [-0.3, -0.25) is 9.56 Å². The van der Waals surface area contributed by atoms with E-state index in [0.717, 1.165) is 23.8 Å². The lowest BCUT2D eigenvalue weighted by Crippen LogP contribution is -2.14. The van der Waals surface area contributed by atoms with Crippen LogP contribution in [0.3, 0.4) is 0 Å². The molecule has 0 spiro atoms. The van der Waals surface area contributed by atoms with Crippen LogP contribution in [0.5, 0.6) is 0 Å². The molecule has 28 heavy (non-hydrogen) atoms. The molecule has 4 rings (SSSR count). The lowest BCUT2D eigenvalue weighted by Gasteiger charge is -2.23. The summed E-state index contributed by atoms with van der Waals surface area (Å²) in [6.07, 6.45) is 0.924. The van der Waals surface area contributed by atoms with Crippen molar-refractivity contribution in [2.24, 2.45) is 10.4 Å². The number of fused-ring (bicyclic) bond motifs is 3. The molecule has 1 atom stereocenters. The van der Waals surface area contributed by atoms with Crippen molar-refractivity contribution in [2.75, 3.05) is 0 Å². The minimum Gasteiger partial charge on any atom is -0.273 e. The Morgan fingerprint density at radius 2 is 1.68 bits per heavy atom. The van der Waals surface area contributed by atoms with Gasteiger partial charge in [-0.25, -0.2) is 0 Å². The van der Waals surface area contributed by atoms with Crippen LogP contribution in [0.15, 0.2) is 29.3 Å². The highest BCUT2D eigenvalue weighted by Gasteiger charge is 2.33. The average Bonchev–Trinajstić information content (AvgIpc) is 3.08. The van der Waals surface area contributed by atoms with Crippen molar-refractivity contribution in [3.8, 4) is 5.00 Å². The number of thiophene rings is 1. The zero-order chi connectivity index (χ0) is 20.2. The van der Waals surface area contributed by atoms with E-state index in [4.69, 9.17) is 4.99 Å². The maximum Gasteiger partial charge on any atom is 0.163 e. The van der Waals surface area contributed by atoms with Crippen molar-refractivity contribution >= 4 is 17.0 Å². The van der Waals surface area contributed by atoms with Gasteiger partial charge in [0.25, 0.3) is 0 Å². The Labute approximate surface area is 171 Å². The quantitative estimate of drug-likeness (QED) is 0.546. The van der Waals surface area contributed by atoms with E-state index in [1.54, 1.807) is 0 Å². The molecular formula is C23H28N4S. The Morgan fingerprint density at radius 1 is 1.00 bits per heavy atom. The lowest BCUT2D eigenvalue weighted by molar-refractivity contribution is 0.336. The summed E-state index contributed by atoms with van der Waals surface area (Å²) < 4.78 is 2.24. The highest BCUT2D eigenvalue weighted by molar-refractivity contribution is 7.15. The first-order chi connectivity index (χ1) is 13.2. The fraction of sp³-hybridized carbons (Fsp3) is 0.435. The van der Waals surface area contributed by atoms with E-state index in [2.05, 4.69) is 80.6 Å². The molecule has 5 heteroatoms. The van der Waals surface area contributed by atoms with Crippen molar-refractivity contribution in [1.29, 1.82) is 0 Å². The molecule has 0 aliphatic carbocycles. The number of aryl methyl sites for hydroxylation is 3. The summed E-state index contributed by atoms with van der Waals surface area (Å²) in [6.45, 7) is 15.3. The van der Waals surface area contributed by atoms with E-state index in [0.29, 0.717) is 0 Å². The summed E-state index contributed by atoms with van der Waals surface area (Å²) >= 11 is 1.82. The van der Waals surface area contributed by atoms with Crippen LogP contribution in [0.4, 0.5) is 0 Å². The molecular weight excluding hydrogens is 364 g/mol. The second-order valence-electron chi connectivity index (χ2n) is 9.03. The van der Waals surface area contributed by atoms with Gasteiger partial charge in [0.15, 0.2) is 5.82 Å². The summed E-state index contributed by atoms with van der Waals surface area (Å²) in [5.41, 5.74) is 6.18. The van der Waals surface area contributed by atoms with Crippen molar-refractivity contribution in [1.82, 2.24) is 14.8 Å². The Kier molecular flexibility index (Phi) is 4.53. The molecule has 0 fully saturated rings. The highest BCUT2D eigenvalue weighted by Crippen LogP contribution is 2.41. The third-order valence-electron chi connectivity index (χ3n) is 5.37. The molecule has 2 aromatic heterocycles. The van der Waals surface area contributed by atoms with Gasteiger partial charge < -0.3 is 0 Å². The Bertz CT molecular complexity index is 1060. The van der Waals surface area contributed by atoms with Crippen LogP contribution < -0.4 is 0 Å². The van der Waals surface area contributed by atoms with Crippen LogP contribution in [0.2, 0.25) is 0 Å². The molecule has 0 saturated carbocycles. The zero-order valence-corrected chi connectivity index (χ0v) is 18.6. The van der Waals surface area contributed by atoms with E-state index in [9.17, 15) is 0 Å². The molecule has 1 aliphatic rings. The first kappa shape index (κ1) is 19.1. The first-order valence-electron chi connectivity index (χ1n) is 9.83. The predicted molar refractivity (Wildman–Crippen MR) is 117 cm³/mol. The van der Waals surface area contributed by atoms with Gasteiger partial charge >= 0.3 is 0 Å². The largest absolute Gasteiger partial charge is 0.273 e. The van der Waals surface area contributed by atoms with Crippen molar-refractivity contribution in [3.05, 3.63) is 63.0 Å². The molecule has 3 heterocycles. The number of hydrogen-bond donors (Lipinski definition) is 0. The summed E-state index contributed by atoms with van der Waals surface area (Å²) in [5, 5.41) is 10.2. The van der Waals surface area contributed by atoms with Gasteiger partial charge in [-0.05, 0) is 45.1 Å². The van der Waals surface area contributed by atoms with Gasteiger partial charge in [0.1, 0.15) is 16.9 Å². The van der Waals surface area contributed by atoms with Gasteiger partial charge in [0, 0.05) is 16.0 Å². The van der Waals surface area contributed by atoms with E-state index < -0.39 is 0 Å². The van der Waals surface area contributed by atoms with E-state index >= 15 is 0 Å². The third kappa shape index (κ3) is 3.22. The minimum atomic E-state index is -0.0168. The molecule has 0 radical (unpaired) electrons. The highest BCUT2D eigenvalue weighted by atomic mass is 32.1. The summed E-state index contributed by atoms with van der Waals surface area (Å²) in [6, 6.07) is 8.70. The van der Waals surface area contributed by atoms with E-state index in [1.807, 2.05) is 18.3 Å². The normalized spacial score (nSPS) is 16.4. The molecule has 146 valence electrons. The monoisotopic (exact) mass is 392 g/mol. The first-order valence-corrected chi connectivity index (χ1v) is 10.6. The minimum absolute atomic E-state index is 0.0168. The fourth-order valence-electron chi connectivity index (χ4n) is 3.82. The van der Waals surface area contributed by atoms with Crippen molar-refractivity contribution in [3.63, 3.8) is 0 Å². The third-order valence-corrected chi connectivity index (χ3v) is 6.56. The maximum absolute atomic E-state index is 5.33. The standard InChI is InChI=1S/C23H28N4S/c1-13-8-10-17(11-9-13)20-19-14(2)15(3)28-22(19)27-16(4)25-26-21(27)18(24-20)12-23(5,6)7/h8-11,18H,12H2,1-7H3/t18-/m0/s1. The van der Waals surface area contributed by atoms with Gasteiger partial charge in [-0.15, -0.1) is 21.5 Å². The number of hydrogen-bond acceptors (Lipinski definition) is 4. The van der Waals surface area contributed by atoms with Gasteiger partial charge in [-0.2, -0.15) is 0 Å². The molecule has 3 aromatic rings. The molecule has 0 bridgehead atoms. The number of aliphatic imine (C=N–C) groups is 1. The van der Waals surface area contributed by atoms with Crippen LogP contribution in [0, 0.1) is 33.1 Å². The molecule has 1 aliphatic heterocycles. The molecule has 0 N–H and O–H groups in total. The topological polar surface area (TPSA) is 43.1 Å². The average molecular weight is 393 g/mol. The summed E-state index contributed by atoms with van der Waals surface area (Å²) in [4.78, 5) is 6.65. The van der Waals surface area contributed by atoms with Crippen LogP contribution in [-0.2, 0) is 0 Å². The molecule has 0 unspecified atom stereocenters. The van der Waals surface area contributed by atoms with E-state index in [-0.39, 0.29) is 11.5 Å². The lowest BCUT2D eigenvalue weighted by atomic mass is 9.88. The predicted octanol–water partition coefficient (Wildman–Crippen LogP) is 5.89. The van der Waals surface area contributed by atoms with Crippen LogP contribution >= 0.6 is 11.3 Å². The number of rotatable bonds is 2. The van der Waals surface area contributed by atoms with Crippen molar-refractivity contribution < 1.29 is 0 Å². The maximum atomic E-state index is 5.33. The molecule has 1 aromatic carbocycles. The fourth-order valence-corrected chi connectivity index (χ4v) is 5.03. The second-order valence-corrected chi connectivity index (χ2v) is 10.2. The van der Waals surface area contributed by atoms with Crippen LogP contribution in [0.25, 0.3) is 5.00 Å². The van der Waals surface area contributed by atoms with Crippen LogP contribution in [0.1, 0.15) is 72.0 Å². The SMILES string of the molecule is Cc1ccc(C2=N[C@@H](CC(C)(C)C)c3nnc(C)n3-c3sc(C)c(C)c32)cc1. The van der Waals surface area contributed by atoms with E-state index in [1.165, 1.54) is 32.1 Å². The summed E-state index contributed by atoms with van der Waals surface area (Å²) in [5.74, 6) is 1.88.